The lowest BCUT2D eigenvalue weighted by molar-refractivity contribution is -0.131. The lowest BCUT2D eigenvalue weighted by atomic mass is 10.1. The average Bonchev–Trinajstić information content (AvgIpc) is 3.64. The van der Waals surface area contributed by atoms with Gasteiger partial charge in [-0.25, -0.2) is 0 Å². The minimum absolute atomic E-state index is 0.121. The number of carbonyl (C=O) groups is 1. The van der Waals surface area contributed by atoms with Crippen LogP contribution in [0.15, 0.2) is 72.8 Å². The Morgan fingerprint density at radius 3 is 2.44 bits per heavy atom. The zero-order chi connectivity index (χ0) is 26.6. The minimum Gasteiger partial charge on any atom is -0.490 e. The van der Waals surface area contributed by atoms with Crippen LogP contribution in [-0.4, -0.2) is 53.3 Å². The smallest absolute Gasteiger partial charge is 0.258 e. The van der Waals surface area contributed by atoms with Crippen molar-refractivity contribution in [1.82, 2.24) is 15.1 Å². The number of rotatable bonds is 8. The highest BCUT2D eigenvalue weighted by atomic mass is 16.5. The molecule has 7 nitrogen and oxygen atoms in total. The van der Waals surface area contributed by atoms with Gasteiger partial charge in [-0.2, -0.15) is 5.10 Å². The van der Waals surface area contributed by atoms with E-state index in [9.17, 15) is 4.79 Å². The average molecular weight is 525 g/mol. The minimum atomic E-state index is -0.647. The van der Waals surface area contributed by atoms with E-state index in [0.29, 0.717) is 5.69 Å². The Bertz CT molecular complexity index is 1390. The van der Waals surface area contributed by atoms with E-state index in [-0.39, 0.29) is 18.1 Å². The number of likely N-dealkylation sites (tertiary alicyclic amines) is 1. The van der Waals surface area contributed by atoms with Crippen molar-refractivity contribution < 1.29 is 14.3 Å². The molecule has 1 saturated heterocycles. The highest BCUT2D eigenvalue weighted by Crippen LogP contribution is 2.32. The fourth-order valence-corrected chi connectivity index (χ4v) is 5.64. The molecule has 2 heterocycles. The predicted molar refractivity (Wildman–Crippen MR) is 154 cm³/mol. The number of aromatic amines is 1. The molecule has 202 valence electrons. The van der Waals surface area contributed by atoms with E-state index in [1.807, 2.05) is 72.8 Å². The summed E-state index contributed by atoms with van der Waals surface area (Å²) in [6, 6.07) is 23.7. The maximum Gasteiger partial charge on any atom is 0.258 e. The molecule has 1 unspecified atom stereocenters. The summed E-state index contributed by atoms with van der Waals surface area (Å²) in [7, 11) is 2.15. The quantitative estimate of drug-likeness (QED) is 0.281. The molecule has 0 bridgehead atoms. The second-order valence-electron chi connectivity index (χ2n) is 10.8. The third-order valence-corrected chi connectivity index (χ3v) is 7.90. The van der Waals surface area contributed by atoms with Crippen molar-refractivity contribution >= 4 is 22.5 Å². The Morgan fingerprint density at radius 2 is 1.69 bits per heavy atom. The van der Waals surface area contributed by atoms with Crippen LogP contribution in [0.3, 0.4) is 0 Å². The number of benzene rings is 3. The van der Waals surface area contributed by atoms with Gasteiger partial charge in [0.1, 0.15) is 11.9 Å². The number of aromatic nitrogens is 2. The van der Waals surface area contributed by atoms with Crippen LogP contribution in [-0.2, 0) is 9.53 Å². The first-order valence-corrected chi connectivity index (χ1v) is 14.1. The van der Waals surface area contributed by atoms with E-state index in [0.717, 1.165) is 85.1 Å². The van der Waals surface area contributed by atoms with Gasteiger partial charge in [-0.1, -0.05) is 43.2 Å². The topological polar surface area (TPSA) is 79.5 Å². The van der Waals surface area contributed by atoms with E-state index in [2.05, 4.69) is 27.5 Å². The van der Waals surface area contributed by atoms with E-state index >= 15 is 0 Å². The number of fused-ring (bicyclic) bond motifs is 1. The Labute approximate surface area is 229 Å². The summed E-state index contributed by atoms with van der Waals surface area (Å²) in [6.07, 6.45) is 6.15. The van der Waals surface area contributed by atoms with E-state index in [1.54, 1.807) is 0 Å². The Balaban J connectivity index is 1.19. The highest BCUT2D eigenvalue weighted by molar-refractivity contribution is 6.00. The second kappa shape index (κ2) is 11.6. The molecule has 6 rings (SSSR count). The van der Waals surface area contributed by atoms with Crippen molar-refractivity contribution in [2.75, 3.05) is 25.5 Å². The summed E-state index contributed by atoms with van der Waals surface area (Å²) in [5, 5.41) is 11.8. The van der Waals surface area contributed by atoms with Gasteiger partial charge in [0.25, 0.3) is 5.91 Å². The van der Waals surface area contributed by atoms with Crippen LogP contribution in [0.25, 0.3) is 22.2 Å². The van der Waals surface area contributed by atoms with Crippen molar-refractivity contribution in [3.63, 3.8) is 0 Å². The lowest BCUT2D eigenvalue weighted by Crippen LogP contribution is -2.35. The van der Waals surface area contributed by atoms with Gasteiger partial charge in [-0.15, -0.1) is 0 Å². The zero-order valence-corrected chi connectivity index (χ0v) is 22.4. The summed E-state index contributed by atoms with van der Waals surface area (Å²) in [4.78, 5) is 15.8. The first kappa shape index (κ1) is 25.6. The maximum atomic E-state index is 13.5. The number of amides is 1. The van der Waals surface area contributed by atoms with Crippen LogP contribution in [0.4, 0.5) is 5.69 Å². The summed E-state index contributed by atoms with van der Waals surface area (Å²) in [5.74, 6) is 0.725. The van der Waals surface area contributed by atoms with Crippen molar-refractivity contribution in [3.8, 4) is 17.0 Å². The summed E-state index contributed by atoms with van der Waals surface area (Å²) in [6.45, 7) is 2.14. The van der Waals surface area contributed by atoms with E-state index < -0.39 is 6.10 Å². The van der Waals surface area contributed by atoms with E-state index in [1.165, 1.54) is 0 Å². The number of anilines is 1. The van der Waals surface area contributed by atoms with Crippen LogP contribution in [0, 0.1) is 0 Å². The molecule has 1 aromatic heterocycles. The first-order chi connectivity index (χ1) is 19.1. The lowest BCUT2D eigenvalue weighted by Gasteiger charge is -2.29. The number of hydrogen-bond donors (Lipinski definition) is 2. The maximum absolute atomic E-state index is 13.5. The Hall–Kier alpha value is -3.68. The van der Waals surface area contributed by atoms with Gasteiger partial charge in [-0.3, -0.25) is 9.89 Å². The largest absolute Gasteiger partial charge is 0.490 e. The zero-order valence-electron chi connectivity index (χ0n) is 22.4. The molecule has 2 fully saturated rings. The standard InChI is InChI=1S/C32H36N4O3/c1-36-19-17-27(18-20-36)38-26-14-11-22(12-15-26)30-28-21-24(13-16-29(28)34-35-30)33-32(37)31(23-7-3-2-4-8-23)39-25-9-5-6-10-25/h2-4,7-8,11-16,21,25,27,31H,5-6,9-10,17-20H2,1H3,(H,33,37)(H,34,35). The van der Waals surface area contributed by atoms with Crippen LogP contribution in [0.5, 0.6) is 5.75 Å². The van der Waals surface area contributed by atoms with Crippen molar-refractivity contribution in [3.05, 3.63) is 78.4 Å². The molecular weight excluding hydrogens is 488 g/mol. The molecule has 1 aliphatic carbocycles. The van der Waals surface area contributed by atoms with Crippen LogP contribution in [0.2, 0.25) is 0 Å². The normalized spacial score (nSPS) is 17.9. The number of piperidine rings is 1. The Kier molecular flexibility index (Phi) is 7.61. The molecule has 1 aliphatic heterocycles. The molecule has 1 atom stereocenters. The molecule has 4 aromatic rings. The molecule has 2 N–H and O–H groups in total. The fourth-order valence-electron chi connectivity index (χ4n) is 5.64. The summed E-state index contributed by atoms with van der Waals surface area (Å²) in [5.41, 5.74) is 4.33. The third-order valence-electron chi connectivity index (χ3n) is 7.90. The molecule has 0 radical (unpaired) electrons. The summed E-state index contributed by atoms with van der Waals surface area (Å²) < 4.78 is 12.5. The van der Waals surface area contributed by atoms with Crippen LogP contribution in [0.1, 0.15) is 50.2 Å². The van der Waals surface area contributed by atoms with Gasteiger partial charge in [-0.05, 0) is 80.8 Å². The Morgan fingerprint density at radius 1 is 0.949 bits per heavy atom. The number of H-pyrrole nitrogens is 1. The van der Waals surface area contributed by atoms with Gasteiger partial charge in [0, 0.05) is 29.7 Å². The summed E-state index contributed by atoms with van der Waals surface area (Å²) >= 11 is 0. The fraction of sp³-hybridized carbons (Fsp3) is 0.375. The molecule has 1 amide bonds. The molecule has 2 aliphatic rings. The van der Waals surface area contributed by atoms with Gasteiger partial charge < -0.3 is 19.7 Å². The molecular formula is C32H36N4O3. The predicted octanol–water partition coefficient (Wildman–Crippen LogP) is 6.34. The number of nitrogens with zero attached hydrogens (tertiary/aromatic N) is 2. The van der Waals surface area contributed by atoms with Gasteiger partial charge >= 0.3 is 0 Å². The number of hydrogen-bond acceptors (Lipinski definition) is 5. The number of ether oxygens (including phenoxy) is 2. The third kappa shape index (κ3) is 6.00. The highest BCUT2D eigenvalue weighted by Gasteiger charge is 2.27. The molecule has 39 heavy (non-hydrogen) atoms. The van der Waals surface area contributed by atoms with Gasteiger partial charge in [0.2, 0.25) is 0 Å². The first-order valence-electron chi connectivity index (χ1n) is 14.1. The van der Waals surface area contributed by atoms with Gasteiger partial charge in [0.05, 0.1) is 17.3 Å². The van der Waals surface area contributed by atoms with Crippen LogP contribution < -0.4 is 10.1 Å². The van der Waals surface area contributed by atoms with Gasteiger partial charge in [0.15, 0.2) is 6.10 Å². The SMILES string of the molecule is CN1CCC(Oc2ccc(-c3n[nH]c4ccc(NC(=O)C(OC5CCCC5)c5ccccc5)cc34)cc2)CC1. The van der Waals surface area contributed by atoms with E-state index in [4.69, 9.17) is 9.47 Å². The number of carbonyl (C=O) groups excluding carboxylic acids is 1. The van der Waals surface area contributed by atoms with Crippen molar-refractivity contribution in [2.45, 2.75) is 56.8 Å². The number of nitrogens with one attached hydrogen (secondary N) is 2. The molecule has 1 saturated carbocycles. The monoisotopic (exact) mass is 524 g/mol. The van der Waals surface area contributed by atoms with Crippen molar-refractivity contribution in [2.24, 2.45) is 0 Å². The molecule has 3 aromatic carbocycles. The molecule has 7 heteroatoms. The van der Waals surface area contributed by atoms with Crippen LogP contribution >= 0.6 is 0 Å². The molecule has 0 spiro atoms. The second-order valence-corrected chi connectivity index (χ2v) is 10.8. The van der Waals surface area contributed by atoms with Crippen molar-refractivity contribution in [1.29, 1.82) is 0 Å².